The minimum absolute atomic E-state index is 0.598. The molecule has 0 amide bonds. The zero-order valence-electron chi connectivity index (χ0n) is 13.7. The molecule has 1 aromatic rings. The van der Waals surface area contributed by atoms with Crippen LogP contribution in [0.15, 0.2) is 0 Å². The Morgan fingerprint density at radius 2 is 1.75 bits per heavy atom. The summed E-state index contributed by atoms with van der Waals surface area (Å²) in [7, 11) is 0. The predicted molar refractivity (Wildman–Crippen MR) is 85.0 cm³/mol. The van der Waals surface area contributed by atoms with Crippen LogP contribution >= 0.6 is 0 Å². The van der Waals surface area contributed by atoms with Gasteiger partial charge in [-0.2, -0.15) is 5.10 Å². The first kappa shape index (κ1) is 15.6. The lowest BCUT2D eigenvalue weighted by Gasteiger charge is -2.32. The van der Waals surface area contributed by atoms with Gasteiger partial charge < -0.3 is 5.73 Å². The molecule has 1 aliphatic carbocycles. The van der Waals surface area contributed by atoms with Crippen molar-refractivity contribution in [1.29, 1.82) is 0 Å². The first-order valence-corrected chi connectivity index (χ1v) is 8.39. The van der Waals surface area contributed by atoms with Gasteiger partial charge in [-0.1, -0.05) is 27.7 Å². The van der Waals surface area contributed by atoms with Crippen LogP contribution in [0.1, 0.15) is 70.0 Å². The van der Waals surface area contributed by atoms with Crippen LogP contribution in [0.2, 0.25) is 0 Å². The van der Waals surface area contributed by atoms with Crippen LogP contribution in [0.4, 0.5) is 0 Å². The summed E-state index contributed by atoms with van der Waals surface area (Å²) < 4.78 is 2.37. The highest BCUT2D eigenvalue weighted by atomic mass is 15.3. The molecule has 2 rings (SSSR count). The van der Waals surface area contributed by atoms with Crippen molar-refractivity contribution in [2.45, 2.75) is 72.3 Å². The summed E-state index contributed by atoms with van der Waals surface area (Å²) in [4.78, 5) is 0. The summed E-state index contributed by atoms with van der Waals surface area (Å²) in [5.41, 5.74) is 9.96. The molecule has 3 nitrogen and oxygen atoms in total. The minimum atomic E-state index is 0.598. The van der Waals surface area contributed by atoms with Crippen molar-refractivity contribution in [3.63, 3.8) is 0 Å². The van der Waals surface area contributed by atoms with Crippen molar-refractivity contribution < 1.29 is 0 Å². The summed E-state index contributed by atoms with van der Waals surface area (Å²) >= 11 is 0. The second-order valence-electron chi connectivity index (χ2n) is 6.63. The van der Waals surface area contributed by atoms with E-state index in [9.17, 15) is 0 Å². The van der Waals surface area contributed by atoms with Crippen molar-refractivity contribution in [1.82, 2.24) is 9.78 Å². The van der Waals surface area contributed by atoms with Crippen molar-refractivity contribution >= 4 is 0 Å². The van der Waals surface area contributed by atoms with Crippen LogP contribution in [0.3, 0.4) is 0 Å². The molecular formula is C17H31N3. The molecule has 0 saturated heterocycles. The number of rotatable bonds is 5. The van der Waals surface area contributed by atoms with Gasteiger partial charge in [0.15, 0.2) is 0 Å². The third-order valence-electron chi connectivity index (χ3n) is 4.77. The van der Waals surface area contributed by atoms with E-state index in [4.69, 9.17) is 10.8 Å². The van der Waals surface area contributed by atoms with E-state index in [0.29, 0.717) is 6.04 Å². The van der Waals surface area contributed by atoms with Crippen LogP contribution in [0.25, 0.3) is 0 Å². The number of hydrogen-bond acceptors (Lipinski definition) is 2. The summed E-state index contributed by atoms with van der Waals surface area (Å²) in [6.45, 7) is 9.96. The SMILES string of the molecule is CCc1nn(C2CC(C)CC(C)C2)c(CC)c1CCN. The Bertz CT molecular complexity index is 426. The standard InChI is InChI=1S/C17H31N3/c1-5-16-15(7-8-18)17(6-2)20(19-16)14-10-12(3)9-13(4)11-14/h12-14H,5-11,18H2,1-4H3. The third-order valence-corrected chi connectivity index (χ3v) is 4.77. The zero-order chi connectivity index (χ0) is 14.7. The van der Waals surface area contributed by atoms with Crippen molar-refractivity contribution in [3.05, 3.63) is 17.0 Å². The molecule has 1 heterocycles. The van der Waals surface area contributed by atoms with Gasteiger partial charge in [0.1, 0.15) is 0 Å². The Labute approximate surface area is 123 Å². The molecule has 0 aromatic carbocycles. The van der Waals surface area contributed by atoms with Crippen LogP contribution in [0.5, 0.6) is 0 Å². The zero-order valence-corrected chi connectivity index (χ0v) is 13.7. The third kappa shape index (κ3) is 3.08. The van der Waals surface area contributed by atoms with Crippen molar-refractivity contribution in [3.8, 4) is 0 Å². The minimum Gasteiger partial charge on any atom is -0.330 e. The monoisotopic (exact) mass is 277 g/mol. The van der Waals surface area contributed by atoms with Crippen LogP contribution in [0, 0.1) is 11.8 Å². The van der Waals surface area contributed by atoms with Gasteiger partial charge in [0, 0.05) is 5.69 Å². The molecule has 0 radical (unpaired) electrons. The Morgan fingerprint density at radius 3 is 2.25 bits per heavy atom. The van der Waals surface area contributed by atoms with Gasteiger partial charge in [0.05, 0.1) is 11.7 Å². The highest BCUT2D eigenvalue weighted by Gasteiger charge is 2.28. The van der Waals surface area contributed by atoms with Gasteiger partial charge >= 0.3 is 0 Å². The van der Waals surface area contributed by atoms with E-state index in [1.165, 1.54) is 36.2 Å². The molecule has 2 atom stereocenters. The maximum absolute atomic E-state index is 5.80. The Morgan fingerprint density at radius 1 is 1.10 bits per heavy atom. The van der Waals surface area contributed by atoms with Crippen LogP contribution in [-0.4, -0.2) is 16.3 Å². The highest BCUT2D eigenvalue weighted by molar-refractivity contribution is 5.28. The van der Waals surface area contributed by atoms with Crippen molar-refractivity contribution in [2.75, 3.05) is 6.54 Å². The van der Waals surface area contributed by atoms with Gasteiger partial charge in [-0.3, -0.25) is 4.68 Å². The smallest absolute Gasteiger partial charge is 0.0657 e. The maximum atomic E-state index is 5.80. The summed E-state index contributed by atoms with van der Waals surface area (Å²) in [5.74, 6) is 1.64. The molecule has 1 fully saturated rings. The van der Waals surface area contributed by atoms with E-state index in [0.717, 1.165) is 37.6 Å². The van der Waals surface area contributed by atoms with Gasteiger partial charge in [-0.25, -0.2) is 0 Å². The Balaban J connectivity index is 2.35. The van der Waals surface area contributed by atoms with Crippen LogP contribution in [-0.2, 0) is 19.3 Å². The van der Waals surface area contributed by atoms with E-state index in [-0.39, 0.29) is 0 Å². The molecule has 0 spiro atoms. The lowest BCUT2D eigenvalue weighted by Crippen LogP contribution is -2.24. The molecule has 0 bridgehead atoms. The van der Waals surface area contributed by atoms with E-state index >= 15 is 0 Å². The molecule has 2 unspecified atom stereocenters. The molecule has 1 aromatic heterocycles. The molecule has 0 aliphatic heterocycles. The molecule has 1 saturated carbocycles. The average Bonchev–Trinajstić information content (AvgIpc) is 2.76. The lowest BCUT2D eigenvalue weighted by atomic mass is 9.80. The van der Waals surface area contributed by atoms with Gasteiger partial charge in [0.25, 0.3) is 0 Å². The second kappa shape index (κ2) is 6.75. The van der Waals surface area contributed by atoms with Crippen LogP contribution < -0.4 is 5.73 Å². The quantitative estimate of drug-likeness (QED) is 0.895. The number of hydrogen-bond donors (Lipinski definition) is 1. The predicted octanol–water partition coefficient (Wildman–Crippen LogP) is 3.51. The van der Waals surface area contributed by atoms with Gasteiger partial charge in [-0.15, -0.1) is 0 Å². The van der Waals surface area contributed by atoms with Crippen molar-refractivity contribution in [2.24, 2.45) is 17.6 Å². The molecule has 114 valence electrons. The molecular weight excluding hydrogens is 246 g/mol. The maximum Gasteiger partial charge on any atom is 0.0657 e. The summed E-state index contributed by atoms with van der Waals surface area (Å²) in [6.07, 6.45) is 7.00. The number of nitrogens with zero attached hydrogens (tertiary/aromatic N) is 2. The van der Waals surface area contributed by atoms with E-state index in [2.05, 4.69) is 32.4 Å². The first-order valence-electron chi connectivity index (χ1n) is 8.39. The topological polar surface area (TPSA) is 43.8 Å². The fourth-order valence-corrected chi connectivity index (χ4v) is 4.05. The molecule has 2 N–H and O–H groups in total. The van der Waals surface area contributed by atoms with E-state index in [1.54, 1.807) is 0 Å². The summed E-state index contributed by atoms with van der Waals surface area (Å²) in [6, 6.07) is 0.598. The largest absolute Gasteiger partial charge is 0.330 e. The average molecular weight is 277 g/mol. The first-order chi connectivity index (χ1) is 9.60. The number of aryl methyl sites for hydroxylation is 1. The fourth-order valence-electron chi connectivity index (χ4n) is 4.05. The highest BCUT2D eigenvalue weighted by Crippen LogP contribution is 2.37. The normalized spacial score (nSPS) is 26.9. The molecule has 3 heteroatoms. The van der Waals surface area contributed by atoms with E-state index < -0.39 is 0 Å². The fraction of sp³-hybridized carbons (Fsp3) is 0.824. The Kier molecular flexibility index (Phi) is 5.25. The molecule has 20 heavy (non-hydrogen) atoms. The molecule has 1 aliphatic rings. The lowest BCUT2D eigenvalue weighted by molar-refractivity contribution is 0.206. The number of nitrogens with two attached hydrogens (primary N) is 1. The number of aromatic nitrogens is 2. The van der Waals surface area contributed by atoms with E-state index in [1.807, 2.05) is 0 Å². The van der Waals surface area contributed by atoms with Gasteiger partial charge in [-0.05, 0) is 62.5 Å². The summed E-state index contributed by atoms with van der Waals surface area (Å²) in [5, 5.41) is 4.97. The van der Waals surface area contributed by atoms with Gasteiger partial charge in [0.2, 0.25) is 0 Å². The Hall–Kier alpha value is -0.830. The second-order valence-corrected chi connectivity index (χ2v) is 6.63.